The molecule has 0 fully saturated rings. The van der Waals surface area contributed by atoms with Crippen LogP contribution in [0.25, 0.3) is 0 Å². The Bertz CT molecular complexity index is 670. The summed E-state index contributed by atoms with van der Waals surface area (Å²) in [6.07, 6.45) is 3.44. The van der Waals surface area contributed by atoms with Gasteiger partial charge in [0.2, 0.25) is 0 Å². The lowest BCUT2D eigenvalue weighted by Crippen LogP contribution is -2.32. The fourth-order valence-electron chi connectivity index (χ4n) is 2.56. The fourth-order valence-corrected chi connectivity index (χ4v) is 2.56. The van der Waals surface area contributed by atoms with Crippen LogP contribution in [0.15, 0.2) is 48.8 Å². The maximum atomic E-state index is 12.3. The van der Waals surface area contributed by atoms with Gasteiger partial charge in [-0.2, -0.15) is 0 Å². The molecule has 0 aliphatic carbocycles. The molecule has 0 saturated carbocycles. The second-order valence-electron chi connectivity index (χ2n) is 6.70. The van der Waals surface area contributed by atoms with Crippen molar-refractivity contribution in [2.24, 2.45) is 0 Å². The van der Waals surface area contributed by atoms with Gasteiger partial charge in [-0.1, -0.05) is 30.3 Å². The standard InChI is InChI=1S/C20H28N4O/c1-16(2)24(15-17-8-6-5-7-9-17)19-12-18(13-21-14-19)20(25)22-10-11-23(3)4/h5-9,12-14,16H,10-11,15H2,1-4H3,(H,22,25). The summed E-state index contributed by atoms with van der Waals surface area (Å²) < 4.78 is 0. The zero-order valence-corrected chi connectivity index (χ0v) is 15.6. The van der Waals surface area contributed by atoms with Gasteiger partial charge in [0, 0.05) is 31.9 Å². The van der Waals surface area contributed by atoms with Crippen molar-refractivity contribution in [3.63, 3.8) is 0 Å². The third kappa shape index (κ3) is 5.87. The highest BCUT2D eigenvalue weighted by atomic mass is 16.1. The molecular weight excluding hydrogens is 312 g/mol. The number of rotatable bonds is 8. The number of pyridine rings is 1. The van der Waals surface area contributed by atoms with E-state index in [9.17, 15) is 4.79 Å². The van der Waals surface area contributed by atoms with Crippen LogP contribution in [-0.4, -0.2) is 49.0 Å². The lowest BCUT2D eigenvalue weighted by molar-refractivity contribution is 0.0950. The Morgan fingerprint density at radius 1 is 1.16 bits per heavy atom. The van der Waals surface area contributed by atoms with Crippen molar-refractivity contribution < 1.29 is 4.79 Å². The average molecular weight is 340 g/mol. The third-order valence-electron chi connectivity index (χ3n) is 3.98. The van der Waals surface area contributed by atoms with E-state index in [2.05, 4.69) is 41.2 Å². The Kier molecular flexibility index (Phi) is 6.95. The van der Waals surface area contributed by atoms with E-state index >= 15 is 0 Å². The molecule has 0 aliphatic rings. The molecule has 0 saturated heterocycles. The Labute approximate surface area is 150 Å². The van der Waals surface area contributed by atoms with Gasteiger partial charge >= 0.3 is 0 Å². The van der Waals surface area contributed by atoms with Crippen LogP contribution in [0.4, 0.5) is 5.69 Å². The Morgan fingerprint density at radius 2 is 1.88 bits per heavy atom. The molecule has 2 aromatic rings. The smallest absolute Gasteiger partial charge is 0.252 e. The van der Waals surface area contributed by atoms with E-state index < -0.39 is 0 Å². The molecule has 1 aromatic carbocycles. The molecule has 0 radical (unpaired) electrons. The number of nitrogens with zero attached hydrogens (tertiary/aromatic N) is 3. The predicted octanol–water partition coefficient (Wildman–Crippen LogP) is 2.79. The van der Waals surface area contributed by atoms with E-state index in [0.29, 0.717) is 18.2 Å². The number of anilines is 1. The monoisotopic (exact) mass is 340 g/mol. The molecule has 1 aromatic heterocycles. The first-order valence-corrected chi connectivity index (χ1v) is 8.66. The van der Waals surface area contributed by atoms with Crippen LogP contribution in [0.5, 0.6) is 0 Å². The van der Waals surface area contributed by atoms with Crippen LogP contribution in [0.3, 0.4) is 0 Å². The van der Waals surface area contributed by atoms with Crippen molar-refractivity contribution in [3.05, 3.63) is 59.9 Å². The summed E-state index contributed by atoms with van der Waals surface area (Å²) in [5.41, 5.74) is 2.78. The summed E-state index contributed by atoms with van der Waals surface area (Å²) in [6.45, 7) is 6.50. The Balaban J connectivity index is 2.12. The topological polar surface area (TPSA) is 48.5 Å². The molecule has 0 unspecified atom stereocenters. The number of likely N-dealkylation sites (N-methyl/N-ethyl adjacent to an activating group) is 1. The molecule has 2 rings (SSSR count). The van der Waals surface area contributed by atoms with Crippen LogP contribution in [0.2, 0.25) is 0 Å². The number of aromatic nitrogens is 1. The van der Waals surface area contributed by atoms with Gasteiger partial charge in [-0.05, 0) is 39.6 Å². The molecule has 5 nitrogen and oxygen atoms in total. The van der Waals surface area contributed by atoms with Gasteiger partial charge in [0.05, 0.1) is 17.4 Å². The SMILES string of the molecule is CC(C)N(Cc1ccccc1)c1cncc(C(=O)NCCN(C)C)c1. The van der Waals surface area contributed by atoms with Crippen LogP contribution < -0.4 is 10.2 Å². The summed E-state index contributed by atoms with van der Waals surface area (Å²) in [6, 6.07) is 12.5. The second kappa shape index (κ2) is 9.18. The van der Waals surface area contributed by atoms with Gasteiger partial charge in [0.25, 0.3) is 5.91 Å². The lowest BCUT2D eigenvalue weighted by atomic mass is 10.1. The molecule has 5 heteroatoms. The number of benzene rings is 1. The minimum Gasteiger partial charge on any atom is -0.364 e. The van der Waals surface area contributed by atoms with Crippen molar-refractivity contribution in [2.75, 3.05) is 32.1 Å². The molecule has 0 atom stereocenters. The highest BCUT2D eigenvalue weighted by Crippen LogP contribution is 2.20. The second-order valence-corrected chi connectivity index (χ2v) is 6.70. The summed E-state index contributed by atoms with van der Waals surface area (Å²) in [4.78, 5) is 20.9. The summed E-state index contributed by atoms with van der Waals surface area (Å²) in [7, 11) is 3.97. The highest BCUT2D eigenvalue weighted by molar-refractivity contribution is 5.94. The van der Waals surface area contributed by atoms with Gasteiger partial charge in [-0.3, -0.25) is 9.78 Å². The molecular formula is C20H28N4O. The lowest BCUT2D eigenvalue weighted by Gasteiger charge is -2.29. The minimum atomic E-state index is -0.0837. The number of carbonyl (C=O) groups is 1. The number of hydrogen-bond donors (Lipinski definition) is 1. The van der Waals surface area contributed by atoms with Crippen LogP contribution in [-0.2, 0) is 6.54 Å². The van der Waals surface area contributed by atoms with E-state index in [-0.39, 0.29) is 5.91 Å². The molecule has 0 aliphatic heterocycles. The molecule has 1 amide bonds. The van der Waals surface area contributed by atoms with Crippen molar-refractivity contribution in [3.8, 4) is 0 Å². The third-order valence-corrected chi connectivity index (χ3v) is 3.98. The summed E-state index contributed by atoms with van der Waals surface area (Å²) in [5, 5.41) is 2.94. The molecule has 1 heterocycles. The molecule has 1 N–H and O–H groups in total. The van der Waals surface area contributed by atoms with E-state index in [0.717, 1.165) is 18.8 Å². The zero-order valence-electron chi connectivity index (χ0n) is 15.6. The predicted molar refractivity (Wildman–Crippen MR) is 103 cm³/mol. The molecule has 0 bridgehead atoms. The van der Waals surface area contributed by atoms with Crippen LogP contribution >= 0.6 is 0 Å². The quantitative estimate of drug-likeness (QED) is 0.803. The molecule has 0 spiro atoms. The maximum absolute atomic E-state index is 12.3. The van der Waals surface area contributed by atoms with E-state index in [1.165, 1.54) is 5.56 Å². The van der Waals surface area contributed by atoms with Gasteiger partial charge in [0.15, 0.2) is 0 Å². The highest BCUT2D eigenvalue weighted by Gasteiger charge is 2.14. The number of amides is 1. The van der Waals surface area contributed by atoms with Crippen molar-refractivity contribution in [1.82, 2.24) is 15.2 Å². The first-order valence-electron chi connectivity index (χ1n) is 8.66. The zero-order chi connectivity index (χ0) is 18.2. The number of nitrogens with one attached hydrogen (secondary N) is 1. The Morgan fingerprint density at radius 3 is 2.52 bits per heavy atom. The van der Waals surface area contributed by atoms with Gasteiger partial charge in [-0.15, -0.1) is 0 Å². The Hall–Kier alpha value is -2.40. The number of carbonyl (C=O) groups excluding carboxylic acids is 1. The maximum Gasteiger partial charge on any atom is 0.252 e. The van der Waals surface area contributed by atoms with E-state index in [1.54, 1.807) is 6.20 Å². The molecule has 134 valence electrons. The van der Waals surface area contributed by atoms with Crippen molar-refractivity contribution >= 4 is 11.6 Å². The van der Waals surface area contributed by atoms with Gasteiger partial charge in [0.1, 0.15) is 0 Å². The number of hydrogen-bond acceptors (Lipinski definition) is 4. The normalized spacial score (nSPS) is 11.0. The first-order chi connectivity index (χ1) is 12.0. The first kappa shape index (κ1) is 18.9. The van der Waals surface area contributed by atoms with Crippen LogP contribution in [0.1, 0.15) is 29.8 Å². The van der Waals surface area contributed by atoms with Crippen molar-refractivity contribution in [1.29, 1.82) is 0 Å². The van der Waals surface area contributed by atoms with E-state index in [1.807, 2.05) is 49.5 Å². The van der Waals surface area contributed by atoms with Crippen molar-refractivity contribution in [2.45, 2.75) is 26.4 Å². The largest absolute Gasteiger partial charge is 0.364 e. The van der Waals surface area contributed by atoms with Crippen LogP contribution in [0, 0.1) is 0 Å². The average Bonchev–Trinajstić information content (AvgIpc) is 2.60. The summed E-state index contributed by atoms with van der Waals surface area (Å²) in [5.74, 6) is -0.0837. The van der Waals surface area contributed by atoms with Gasteiger partial charge < -0.3 is 15.1 Å². The fraction of sp³-hybridized carbons (Fsp3) is 0.400. The summed E-state index contributed by atoms with van der Waals surface area (Å²) >= 11 is 0. The van der Waals surface area contributed by atoms with E-state index in [4.69, 9.17) is 0 Å². The van der Waals surface area contributed by atoms with Gasteiger partial charge in [-0.25, -0.2) is 0 Å². The minimum absolute atomic E-state index is 0.0837. The molecule has 25 heavy (non-hydrogen) atoms.